The number of aryl methyl sites for hydroxylation is 1. The van der Waals surface area contributed by atoms with Crippen LogP contribution in [0.25, 0.3) is 38.9 Å². The number of nitriles is 1. The number of rotatable bonds is 11. The summed E-state index contributed by atoms with van der Waals surface area (Å²) in [5.41, 5.74) is 7.23. The molecular formula is C48H53N9O5Si. The number of carbonyl (C=O) groups excluding carboxylic acids is 2. The van der Waals surface area contributed by atoms with E-state index in [4.69, 9.17) is 19.2 Å². The van der Waals surface area contributed by atoms with Crippen molar-refractivity contribution in [2.24, 2.45) is 7.05 Å². The number of benzene rings is 2. The van der Waals surface area contributed by atoms with Crippen molar-refractivity contribution in [1.82, 2.24) is 34.6 Å². The van der Waals surface area contributed by atoms with Crippen molar-refractivity contribution >= 4 is 31.6 Å². The summed E-state index contributed by atoms with van der Waals surface area (Å²) in [5, 5.41) is 22.2. The van der Waals surface area contributed by atoms with Gasteiger partial charge in [-0.25, -0.2) is 19.1 Å². The minimum Gasteiger partial charge on any atom is -0.449 e. The van der Waals surface area contributed by atoms with Gasteiger partial charge in [-0.1, -0.05) is 68.2 Å². The number of anilines is 1. The molecule has 2 saturated heterocycles. The molecule has 2 fully saturated rings. The number of carbonyl (C=O) groups is 2. The van der Waals surface area contributed by atoms with Crippen molar-refractivity contribution < 1.29 is 23.8 Å². The van der Waals surface area contributed by atoms with Crippen molar-refractivity contribution in [2.75, 3.05) is 37.8 Å². The lowest BCUT2D eigenvalue weighted by Gasteiger charge is -2.51. The Labute approximate surface area is 368 Å². The van der Waals surface area contributed by atoms with E-state index in [9.17, 15) is 14.9 Å². The highest BCUT2D eigenvalue weighted by Gasteiger charge is 2.64. The summed E-state index contributed by atoms with van der Waals surface area (Å²) < 4.78 is 22.1. The van der Waals surface area contributed by atoms with Crippen molar-refractivity contribution in [2.45, 2.75) is 75.6 Å². The van der Waals surface area contributed by atoms with E-state index in [2.05, 4.69) is 70.4 Å². The molecule has 1 unspecified atom stereocenters. The van der Waals surface area contributed by atoms with Crippen LogP contribution in [0.5, 0.6) is 0 Å². The zero-order valence-electron chi connectivity index (χ0n) is 36.8. The first kappa shape index (κ1) is 41.8. The van der Waals surface area contributed by atoms with Crippen molar-refractivity contribution in [1.29, 1.82) is 5.26 Å². The molecule has 14 nitrogen and oxygen atoms in total. The number of nitrogens with one attached hydrogen (secondary N) is 1. The Hall–Kier alpha value is -6.50. The summed E-state index contributed by atoms with van der Waals surface area (Å²) in [5.74, 6) is 0.544. The molecule has 3 atom stereocenters. The summed E-state index contributed by atoms with van der Waals surface area (Å²) in [4.78, 5) is 37.1. The fourth-order valence-corrected chi connectivity index (χ4v) is 10.1. The average molecular weight is 864 g/mol. The first-order chi connectivity index (χ1) is 30.1. The van der Waals surface area contributed by atoms with Crippen LogP contribution in [0.3, 0.4) is 0 Å². The van der Waals surface area contributed by atoms with Gasteiger partial charge in [0.05, 0.1) is 48.7 Å². The number of hydrogen-bond acceptors (Lipinski definition) is 10. The second-order valence-electron chi connectivity index (χ2n) is 19.2. The predicted octanol–water partition coefficient (Wildman–Crippen LogP) is 8.11. The number of hydrogen-bond donors (Lipinski definition) is 1. The number of aromatic nitrogens is 5. The lowest BCUT2D eigenvalue weighted by Crippen LogP contribution is -2.73. The normalized spacial score (nSPS) is 19.3. The summed E-state index contributed by atoms with van der Waals surface area (Å²) in [6, 6.07) is 25.0. The Kier molecular flexibility index (Phi) is 10.6. The topological polar surface area (TPSA) is 152 Å². The molecule has 1 N–H and O–H groups in total. The molecule has 4 aromatic heterocycles. The molecule has 3 aliphatic rings. The van der Waals surface area contributed by atoms with Gasteiger partial charge >= 0.3 is 12.2 Å². The fourth-order valence-electron chi connectivity index (χ4n) is 9.31. The molecule has 6 aromatic rings. The lowest BCUT2D eigenvalue weighted by molar-refractivity contribution is 0.0185. The molecule has 324 valence electrons. The van der Waals surface area contributed by atoms with Gasteiger partial charge in [0.15, 0.2) is 0 Å². The lowest BCUT2D eigenvalue weighted by atomic mass is 9.83. The van der Waals surface area contributed by atoms with E-state index in [1.165, 1.54) is 0 Å². The number of pyridine rings is 2. The van der Waals surface area contributed by atoms with E-state index in [-0.39, 0.29) is 31.7 Å². The molecule has 0 saturated carbocycles. The zero-order valence-corrected chi connectivity index (χ0v) is 37.8. The van der Waals surface area contributed by atoms with E-state index in [1.807, 2.05) is 82.7 Å². The smallest absolute Gasteiger partial charge is 0.410 e. The number of amides is 2. The molecule has 9 rings (SSSR count). The maximum Gasteiger partial charge on any atom is 0.410 e. The van der Waals surface area contributed by atoms with Crippen LogP contribution in [0.2, 0.25) is 25.7 Å². The highest BCUT2D eigenvalue weighted by molar-refractivity contribution is 6.76. The molecule has 0 spiro atoms. The van der Waals surface area contributed by atoms with Gasteiger partial charge < -0.3 is 24.4 Å². The maximum atomic E-state index is 14.3. The molecule has 0 radical (unpaired) electrons. The summed E-state index contributed by atoms with van der Waals surface area (Å²) in [6.07, 6.45) is 7.94. The van der Waals surface area contributed by atoms with Crippen LogP contribution in [-0.2, 0) is 21.3 Å². The van der Waals surface area contributed by atoms with Crippen LogP contribution in [0.15, 0.2) is 97.7 Å². The van der Waals surface area contributed by atoms with Crippen LogP contribution >= 0.6 is 0 Å². The van der Waals surface area contributed by atoms with E-state index in [1.54, 1.807) is 32.7 Å². The second kappa shape index (κ2) is 16.0. The van der Waals surface area contributed by atoms with Crippen LogP contribution in [0.1, 0.15) is 43.4 Å². The molecular weight excluding hydrogens is 811 g/mol. The third-order valence-corrected chi connectivity index (χ3v) is 14.0. The van der Waals surface area contributed by atoms with Crippen LogP contribution < -0.4 is 10.2 Å². The number of fused-ring (bicyclic) bond motifs is 5. The Morgan fingerprint density at radius 1 is 0.921 bits per heavy atom. The van der Waals surface area contributed by atoms with E-state index < -0.39 is 37.4 Å². The van der Waals surface area contributed by atoms with Gasteiger partial charge in [0.25, 0.3) is 0 Å². The highest BCUT2D eigenvalue weighted by atomic mass is 28.3. The van der Waals surface area contributed by atoms with Gasteiger partial charge in [-0.3, -0.25) is 9.58 Å². The molecule has 1 aliphatic carbocycles. The predicted molar refractivity (Wildman–Crippen MR) is 243 cm³/mol. The van der Waals surface area contributed by atoms with Gasteiger partial charge in [-0.15, -0.1) is 0 Å². The number of nitrogens with zero attached hydrogens (tertiary/aromatic N) is 8. The van der Waals surface area contributed by atoms with Gasteiger partial charge in [0.1, 0.15) is 29.6 Å². The monoisotopic (exact) mass is 863 g/mol. The Morgan fingerprint density at radius 3 is 2.29 bits per heavy atom. The standard InChI is InChI=1S/C48H53N9O5Si/c1-47(2,3)62-46(59)56-29-48(30-60-18-19-63(5,6)7,53-45(58)61-28-40-37-14-10-8-12-35(37)36-13-9-11-15-38(36)40)44-41(56)27-55(44)42-17-16-31(22-50-42)39-20-32(34-24-51-54(4)25-34)26-57-43(39)33(21-49)23-52-57/h8-17,20,22-26,40-41,44H,18-19,27-30H2,1-7H3,(H,53,58)/t41-,44+,48?/m0/s1. The zero-order chi connectivity index (χ0) is 44.3. The van der Waals surface area contributed by atoms with Gasteiger partial charge in [-0.05, 0) is 67.3 Å². The van der Waals surface area contributed by atoms with Gasteiger partial charge in [0, 0.05) is 75.0 Å². The fraction of sp³-hybridized carbons (Fsp3) is 0.375. The molecule has 2 aromatic carbocycles. The third kappa shape index (κ3) is 8.05. The van der Waals surface area contributed by atoms with Crippen LogP contribution in [0.4, 0.5) is 15.4 Å². The molecule has 6 heterocycles. The summed E-state index contributed by atoms with van der Waals surface area (Å²) in [6.45, 7) is 13.9. The Balaban J connectivity index is 1.04. The quantitative estimate of drug-likeness (QED) is 0.0999. The Morgan fingerprint density at radius 2 is 1.65 bits per heavy atom. The van der Waals surface area contributed by atoms with Gasteiger partial charge in [0.2, 0.25) is 0 Å². The van der Waals surface area contributed by atoms with Crippen molar-refractivity contribution in [3.63, 3.8) is 0 Å². The first-order valence-corrected chi connectivity index (χ1v) is 25.2. The number of ether oxygens (including phenoxy) is 3. The molecule has 0 bridgehead atoms. The summed E-state index contributed by atoms with van der Waals surface area (Å²) in [7, 11) is 0.407. The highest BCUT2D eigenvalue weighted by Crippen LogP contribution is 2.46. The van der Waals surface area contributed by atoms with Crippen LogP contribution in [-0.4, -0.2) is 106 Å². The maximum absolute atomic E-state index is 14.3. The van der Waals surface area contributed by atoms with E-state index in [0.29, 0.717) is 30.0 Å². The number of alkyl carbamates (subject to hydrolysis) is 1. The average Bonchev–Trinajstić information content (AvgIpc) is 3.99. The van der Waals surface area contributed by atoms with E-state index >= 15 is 0 Å². The summed E-state index contributed by atoms with van der Waals surface area (Å²) >= 11 is 0. The van der Waals surface area contributed by atoms with Crippen molar-refractivity contribution in [3.8, 4) is 39.4 Å². The third-order valence-electron chi connectivity index (χ3n) is 12.3. The second-order valence-corrected chi connectivity index (χ2v) is 24.8. The number of likely N-dealkylation sites (tertiary alicyclic amines) is 1. The first-order valence-electron chi connectivity index (χ1n) is 21.5. The minimum atomic E-state index is -1.46. The largest absolute Gasteiger partial charge is 0.449 e. The minimum absolute atomic E-state index is 0.123. The molecule has 63 heavy (non-hydrogen) atoms. The van der Waals surface area contributed by atoms with Crippen molar-refractivity contribution in [3.05, 3.63) is 114 Å². The van der Waals surface area contributed by atoms with E-state index in [0.717, 1.165) is 50.6 Å². The SMILES string of the molecule is Cn1cc(-c2cc(-c3ccc(N4C[C@H]5[C@@H]4C(COCC[Si](C)(C)C)(NC(=O)OCC4c6ccccc6-c6ccccc64)CN5C(=O)OC(C)(C)C)nc3)c3c(C#N)cnn3c2)cn1. The van der Waals surface area contributed by atoms with Crippen LogP contribution in [0, 0.1) is 11.3 Å². The molecule has 2 aliphatic heterocycles. The van der Waals surface area contributed by atoms with Gasteiger partial charge in [-0.2, -0.15) is 15.5 Å². The molecule has 15 heteroatoms. The molecule has 2 amide bonds. The Bertz CT molecular complexity index is 2700.